The number of anilines is 1. The molecule has 0 spiro atoms. The first-order chi connectivity index (χ1) is 22.8. The van der Waals surface area contributed by atoms with Gasteiger partial charge in [-0.1, -0.05) is 12.0 Å². The van der Waals surface area contributed by atoms with E-state index < -0.39 is 23.3 Å². The minimum atomic E-state index is -0.939. The summed E-state index contributed by atoms with van der Waals surface area (Å²) < 4.78 is 64.9. The van der Waals surface area contributed by atoms with Gasteiger partial charge in [-0.05, 0) is 62.7 Å². The highest BCUT2D eigenvalue weighted by Crippen LogP contribution is 2.44. The van der Waals surface area contributed by atoms with Crippen LogP contribution in [0.5, 0.6) is 17.6 Å². The summed E-state index contributed by atoms with van der Waals surface area (Å²) in [6.45, 7) is 4.36. The second kappa shape index (κ2) is 11.4. The van der Waals surface area contributed by atoms with Gasteiger partial charge in [-0.2, -0.15) is 9.97 Å². The maximum atomic E-state index is 17.1. The summed E-state index contributed by atoms with van der Waals surface area (Å²) in [6, 6.07) is 5.35. The van der Waals surface area contributed by atoms with Gasteiger partial charge in [0.15, 0.2) is 5.82 Å². The van der Waals surface area contributed by atoms with E-state index in [1.165, 1.54) is 24.3 Å². The summed E-state index contributed by atoms with van der Waals surface area (Å²) in [7, 11) is 0. The first-order valence-electron chi connectivity index (χ1n) is 16.2. The number of fused-ring (bicyclic) bond motifs is 5. The summed E-state index contributed by atoms with van der Waals surface area (Å²) in [5, 5.41) is 11.5. The lowest BCUT2D eigenvalue weighted by Gasteiger charge is -2.34. The molecule has 12 heteroatoms. The monoisotopic (exact) mass is 645 g/mol. The zero-order valence-electron chi connectivity index (χ0n) is 25.9. The Balaban J connectivity index is 1.33. The highest BCUT2D eigenvalue weighted by atomic mass is 19.1. The third kappa shape index (κ3) is 4.98. The maximum Gasteiger partial charge on any atom is 0.319 e. The first kappa shape index (κ1) is 30.0. The molecule has 9 nitrogen and oxygen atoms in total. The van der Waals surface area contributed by atoms with Crippen LogP contribution in [-0.2, 0) is 4.74 Å². The Labute approximate surface area is 269 Å². The number of nitrogens with zero attached hydrogens (tertiary/aromatic N) is 5. The number of rotatable bonds is 7. The quantitative estimate of drug-likeness (QED) is 0.261. The normalized spacial score (nSPS) is 25.4. The molecule has 8 rings (SSSR count). The van der Waals surface area contributed by atoms with Crippen LogP contribution in [0.2, 0.25) is 0 Å². The Hall–Kier alpha value is -4.34. The van der Waals surface area contributed by atoms with Crippen molar-refractivity contribution in [2.45, 2.75) is 62.9 Å². The Bertz CT molecular complexity index is 1940. The van der Waals surface area contributed by atoms with Gasteiger partial charge in [0.25, 0.3) is 0 Å². The zero-order chi connectivity index (χ0) is 32.4. The molecule has 0 radical (unpaired) electrons. The average molecular weight is 646 g/mol. The number of hydrogen-bond donors (Lipinski definition) is 1. The molecule has 4 fully saturated rings. The summed E-state index contributed by atoms with van der Waals surface area (Å²) >= 11 is 0. The van der Waals surface area contributed by atoms with E-state index in [0.717, 1.165) is 32.2 Å². The first-order valence-corrected chi connectivity index (χ1v) is 16.2. The summed E-state index contributed by atoms with van der Waals surface area (Å²) in [6.07, 6.45) is 8.67. The fourth-order valence-corrected chi connectivity index (χ4v) is 8.00. The highest BCUT2D eigenvalue weighted by molar-refractivity contribution is 6.04. The number of terminal acetylenes is 1. The smallest absolute Gasteiger partial charge is 0.319 e. The van der Waals surface area contributed by atoms with Crippen molar-refractivity contribution < 1.29 is 32.5 Å². The van der Waals surface area contributed by atoms with Gasteiger partial charge in [-0.15, -0.1) is 6.42 Å². The molecular weight excluding hydrogens is 611 g/mol. The number of phenolic OH excluding ortho intramolecular Hbond substituents is 1. The predicted molar refractivity (Wildman–Crippen MR) is 170 cm³/mol. The van der Waals surface area contributed by atoms with Crippen LogP contribution in [-0.4, -0.2) is 88.3 Å². The lowest BCUT2D eigenvalue weighted by Crippen LogP contribution is -2.44. The number of phenols is 1. The Morgan fingerprint density at radius 2 is 1.89 bits per heavy atom. The maximum absolute atomic E-state index is 17.1. The van der Waals surface area contributed by atoms with Crippen molar-refractivity contribution in [3.8, 4) is 41.2 Å². The number of aromatic hydroxyl groups is 1. The molecule has 2 bridgehead atoms. The van der Waals surface area contributed by atoms with Crippen molar-refractivity contribution in [2.24, 2.45) is 0 Å². The fraction of sp³-hybridized carbons (Fsp3) is 0.457. The molecule has 4 aliphatic rings. The number of alkyl halides is 1. The van der Waals surface area contributed by atoms with Crippen LogP contribution in [0.3, 0.4) is 0 Å². The van der Waals surface area contributed by atoms with E-state index in [-0.39, 0.29) is 76.2 Å². The molecule has 2 aromatic carbocycles. The topological polar surface area (TPSA) is 93.1 Å². The van der Waals surface area contributed by atoms with E-state index >= 15 is 4.39 Å². The number of hydrogen-bond acceptors (Lipinski definition) is 9. The van der Waals surface area contributed by atoms with Gasteiger partial charge in [-0.3, -0.25) is 4.90 Å². The summed E-state index contributed by atoms with van der Waals surface area (Å²) in [5.74, 6) is 1.17. The molecule has 4 saturated heterocycles. The van der Waals surface area contributed by atoms with Crippen molar-refractivity contribution in [1.29, 1.82) is 0 Å². The molecule has 6 heterocycles. The Kier molecular flexibility index (Phi) is 7.29. The van der Waals surface area contributed by atoms with Gasteiger partial charge in [0.2, 0.25) is 5.88 Å². The third-order valence-corrected chi connectivity index (χ3v) is 10.0. The highest BCUT2D eigenvalue weighted by Gasteiger charge is 2.49. The number of morpholine rings is 1. The number of halogens is 3. The molecule has 2 unspecified atom stereocenters. The van der Waals surface area contributed by atoms with E-state index in [9.17, 15) is 13.9 Å². The van der Waals surface area contributed by atoms with Crippen molar-refractivity contribution in [2.75, 3.05) is 44.3 Å². The molecule has 1 N–H and O–H groups in total. The average Bonchev–Trinajstić information content (AvgIpc) is 3.71. The van der Waals surface area contributed by atoms with Crippen LogP contribution >= 0.6 is 0 Å². The third-order valence-electron chi connectivity index (χ3n) is 10.0. The second-order valence-electron chi connectivity index (χ2n) is 13.0. The molecule has 4 atom stereocenters. The number of pyridine rings is 1. The molecule has 244 valence electrons. The van der Waals surface area contributed by atoms with Gasteiger partial charge >= 0.3 is 6.01 Å². The lowest BCUT2D eigenvalue weighted by molar-refractivity contribution is 0.0302. The van der Waals surface area contributed by atoms with E-state index in [1.807, 2.05) is 4.90 Å². The molecule has 0 aliphatic carbocycles. The van der Waals surface area contributed by atoms with Crippen LogP contribution in [0.4, 0.5) is 19.0 Å². The Morgan fingerprint density at radius 3 is 2.66 bits per heavy atom. The van der Waals surface area contributed by atoms with Crippen LogP contribution < -0.4 is 14.4 Å². The largest absolute Gasteiger partial charge is 0.508 e. The van der Waals surface area contributed by atoms with Crippen LogP contribution in [0, 0.1) is 24.0 Å². The van der Waals surface area contributed by atoms with Crippen molar-refractivity contribution in [3.63, 3.8) is 0 Å². The van der Waals surface area contributed by atoms with Gasteiger partial charge < -0.3 is 24.2 Å². The standard InChI is InChI=1S/C35H34F3N5O4/c1-3-24-26(37)9-6-19-12-21(44)13-25(27(19)24)30-29(38)31-28(33(39-30)45-4-2)32(42-16-22-7-8-23(17-42)47-22)41-34(40-31)46-18-35-10-5-11-43(35)15-20(36)14-35/h1,6,9,12-13,20,22-23,44H,4-5,7-8,10-11,14-18H2,2H3/t20-,22?,23?,35+/m1/s1. The van der Waals surface area contributed by atoms with E-state index in [1.54, 1.807) is 6.92 Å². The number of aromatic nitrogens is 3. The predicted octanol–water partition coefficient (Wildman–Crippen LogP) is 5.53. The minimum absolute atomic E-state index is 0.00240. The fourth-order valence-electron chi connectivity index (χ4n) is 8.00. The molecule has 2 aromatic heterocycles. The number of ether oxygens (including phenoxy) is 3. The van der Waals surface area contributed by atoms with Crippen molar-refractivity contribution in [1.82, 2.24) is 19.9 Å². The molecule has 0 saturated carbocycles. The van der Waals surface area contributed by atoms with Gasteiger partial charge in [0.05, 0.1) is 29.9 Å². The van der Waals surface area contributed by atoms with Crippen molar-refractivity contribution in [3.05, 3.63) is 41.5 Å². The van der Waals surface area contributed by atoms with E-state index in [2.05, 4.69) is 20.8 Å². The molecule has 4 aliphatic heterocycles. The van der Waals surface area contributed by atoms with Gasteiger partial charge in [0.1, 0.15) is 46.8 Å². The van der Waals surface area contributed by atoms with E-state index in [0.29, 0.717) is 37.3 Å². The van der Waals surface area contributed by atoms with Crippen LogP contribution in [0.25, 0.3) is 32.9 Å². The van der Waals surface area contributed by atoms with E-state index in [4.69, 9.17) is 25.6 Å². The molecular formula is C35H34F3N5O4. The second-order valence-corrected chi connectivity index (χ2v) is 13.0. The van der Waals surface area contributed by atoms with Crippen LogP contribution in [0.15, 0.2) is 24.3 Å². The summed E-state index contributed by atoms with van der Waals surface area (Å²) in [5.41, 5.74) is -0.803. The minimum Gasteiger partial charge on any atom is -0.508 e. The summed E-state index contributed by atoms with van der Waals surface area (Å²) in [4.78, 5) is 18.2. The van der Waals surface area contributed by atoms with Gasteiger partial charge in [-0.25, -0.2) is 18.2 Å². The van der Waals surface area contributed by atoms with Crippen molar-refractivity contribution >= 4 is 27.5 Å². The SMILES string of the molecule is C#Cc1c(F)ccc2cc(O)cc(-c3nc(OCC)c4c(N5CC6CCC(C5)O6)nc(OC[C@@]56CCCN5C[C@H](F)C6)nc4c3F)c12. The number of benzene rings is 2. The Morgan fingerprint density at radius 1 is 1.09 bits per heavy atom. The molecule has 4 aromatic rings. The zero-order valence-corrected chi connectivity index (χ0v) is 25.9. The van der Waals surface area contributed by atoms with Gasteiger partial charge in [0, 0.05) is 37.0 Å². The molecule has 0 amide bonds. The molecule has 47 heavy (non-hydrogen) atoms. The van der Waals surface area contributed by atoms with Crippen LogP contribution in [0.1, 0.15) is 44.6 Å². The lowest BCUT2D eigenvalue weighted by atomic mass is 9.95.